The second kappa shape index (κ2) is 5.16. The van der Waals surface area contributed by atoms with Gasteiger partial charge in [-0.05, 0) is 18.6 Å². The van der Waals surface area contributed by atoms with Crippen molar-refractivity contribution in [2.75, 3.05) is 7.05 Å². The van der Waals surface area contributed by atoms with Gasteiger partial charge in [-0.1, -0.05) is 18.2 Å². The molecule has 1 amide bonds. The average Bonchev–Trinajstić information content (AvgIpc) is 2.30. The number of carbonyl (C=O) groups excluding carboxylic acids is 1. The zero-order chi connectivity index (χ0) is 13.9. The third kappa shape index (κ3) is 2.67. The van der Waals surface area contributed by atoms with E-state index in [0.29, 0.717) is 0 Å². The van der Waals surface area contributed by atoms with Crippen LogP contribution in [0.4, 0.5) is 4.39 Å². The highest BCUT2D eigenvalue weighted by Gasteiger charge is 2.39. The summed E-state index contributed by atoms with van der Waals surface area (Å²) in [4.78, 5) is 23.8. The summed E-state index contributed by atoms with van der Waals surface area (Å²) in [5, 5.41) is 9.29. The van der Waals surface area contributed by atoms with E-state index in [1.807, 2.05) is 0 Å². The first-order valence-electron chi connectivity index (χ1n) is 5.50. The molecule has 0 saturated heterocycles. The van der Waals surface area contributed by atoms with Gasteiger partial charge in [0, 0.05) is 20.4 Å². The Balaban J connectivity index is 3.12. The molecule has 0 aliphatic heterocycles. The molecular weight excluding hydrogens is 237 g/mol. The van der Waals surface area contributed by atoms with Crippen molar-refractivity contribution in [3.63, 3.8) is 0 Å². The van der Waals surface area contributed by atoms with Gasteiger partial charge in [0.15, 0.2) is 0 Å². The maximum atomic E-state index is 13.6. The average molecular weight is 253 g/mol. The van der Waals surface area contributed by atoms with Crippen LogP contribution < -0.4 is 0 Å². The highest BCUT2D eigenvalue weighted by Crippen LogP contribution is 2.22. The molecule has 0 bridgehead atoms. The maximum Gasteiger partial charge on any atom is 0.329 e. The lowest BCUT2D eigenvalue weighted by Crippen LogP contribution is -2.54. The molecule has 0 aliphatic carbocycles. The van der Waals surface area contributed by atoms with E-state index in [-0.39, 0.29) is 17.9 Å². The van der Waals surface area contributed by atoms with Crippen LogP contribution in [0.3, 0.4) is 0 Å². The molecule has 5 heteroatoms. The van der Waals surface area contributed by atoms with Crippen molar-refractivity contribution in [2.45, 2.75) is 25.8 Å². The zero-order valence-electron chi connectivity index (χ0n) is 10.6. The number of halogens is 1. The van der Waals surface area contributed by atoms with E-state index < -0.39 is 17.3 Å². The molecule has 1 aromatic rings. The smallest absolute Gasteiger partial charge is 0.329 e. The standard InChI is InChI=1S/C13H16FNO3/c1-9(16)15(3)13(2,12(17)18)8-10-6-4-5-7-11(10)14/h4-7H,8H2,1-3H3,(H,17,18). The van der Waals surface area contributed by atoms with Gasteiger partial charge in [0.2, 0.25) is 5.91 Å². The van der Waals surface area contributed by atoms with E-state index >= 15 is 0 Å². The Morgan fingerprint density at radius 2 is 1.94 bits per heavy atom. The van der Waals surface area contributed by atoms with Crippen molar-refractivity contribution >= 4 is 11.9 Å². The maximum absolute atomic E-state index is 13.6. The van der Waals surface area contributed by atoms with Gasteiger partial charge >= 0.3 is 5.97 Å². The molecule has 0 spiro atoms. The van der Waals surface area contributed by atoms with Crippen LogP contribution in [-0.4, -0.2) is 34.5 Å². The lowest BCUT2D eigenvalue weighted by molar-refractivity contribution is -0.155. The van der Waals surface area contributed by atoms with Gasteiger partial charge < -0.3 is 10.0 Å². The van der Waals surface area contributed by atoms with Crippen LogP contribution in [0.1, 0.15) is 19.4 Å². The first-order chi connectivity index (χ1) is 8.29. The largest absolute Gasteiger partial charge is 0.479 e. The minimum absolute atomic E-state index is 0.0783. The molecule has 1 unspecified atom stereocenters. The van der Waals surface area contributed by atoms with E-state index in [1.54, 1.807) is 6.07 Å². The van der Waals surface area contributed by atoms with Crippen molar-refractivity contribution in [2.24, 2.45) is 0 Å². The normalized spacial score (nSPS) is 13.8. The fraction of sp³-hybridized carbons (Fsp3) is 0.385. The van der Waals surface area contributed by atoms with Crippen LogP contribution in [0.25, 0.3) is 0 Å². The van der Waals surface area contributed by atoms with Crippen LogP contribution >= 0.6 is 0 Å². The fourth-order valence-corrected chi connectivity index (χ4v) is 1.70. The van der Waals surface area contributed by atoms with Crippen LogP contribution in [0.2, 0.25) is 0 Å². The highest BCUT2D eigenvalue weighted by atomic mass is 19.1. The van der Waals surface area contributed by atoms with Gasteiger partial charge in [-0.3, -0.25) is 4.79 Å². The van der Waals surface area contributed by atoms with E-state index in [9.17, 15) is 19.1 Å². The van der Waals surface area contributed by atoms with E-state index in [2.05, 4.69) is 0 Å². The molecule has 0 aromatic heterocycles. The number of carboxylic acid groups (broad SMARTS) is 1. The first-order valence-corrected chi connectivity index (χ1v) is 5.50. The third-order valence-electron chi connectivity index (χ3n) is 3.17. The Hall–Kier alpha value is -1.91. The molecule has 1 N–H and O–H groups in total. The van der Waals surface area contributed by atoms with Gasteiger partial charge in [0.25, 0.3) is 0 Å². The van der Waals surface area contributed by atoms with Crippen molar-refractivity contribution in [3.05, 3.63) is 35.6 Å². The molecular formula is C13H16FNO3. The number of aliphatic carboxylic acids is 1. The minimum Gasteiger partial charge on any atom is -0.479 e. The number of rotatable bonds is 4. The number of likely N-dealkylation sites (N-methyl/N-ethyl adjacent to an activating group) is 1. The predicted molar refractivity (Wildman–Crippen MR) is 64.6 cm³/mol. The van der Waals surface area contributed by atoms with Crippen molar-refractivity contribution in [1.82, 2.24) is 4.90 Å². The first kappa shape index (κ1) is 14.2. The van der Waals surface area contributed by atoms with Crippen LogP contribution in [0, 0.1) is 5.82 Å². The van der Waals surface area contributed by atoms with Gasteiger partial charge in [0.05, 0.1) is 0 Å². The molecule has 1 aromatic carbocycles. The summed E-state index contributed by atoms with van der Waals surface area (Å²) < 4.78 is 13.6. The molecule has 0 heterocycles. The summed E-state index contributed by atoms with van der Waals surface area (Å²) in [6.45, 7) is 2.69. The van der Waals surface area contributed by atoms with Gasteiger partial charge in [-0.25, -0.2) is 9.18 Å². The van der Waals surface area contributed by atoms with Crippen LogP contribution in [0.15, 0.2) is 24.3 Å². The fourth-order valence-electron chi connectivity index (χ4n) is 1.70. The molecule has 98 valence electrons. The number of carboxylic acids is 1. The minimum atomic E-state index is -1.46. The molecule has 4 nitrogen and oxygen atoms in total. The Morgan fingerprint density at radius 1 is 1.39 bits per heavy atom. The molecule has 1 atom stereocenters. The Morgan fingerprint density at radius 3 is 2.39 bits per heavy atom. The molecule has 18 heavy (non-hydrogen) atoms. The topological polar surface area (TPSA) is 57.6 Å². The summed E-state index contributed by atoms with van der Waals surface area (Å²) in [6, 6.07) is 5.95. The summed E-state index contributed by atoms with van der Waals surface area (Å²) in [5.41, 5.74) is -1.19. The summed E-state index contributed by atoms with van der Waals surface area (Å²) in [5.74, 6) is -2.01. The molecule has 0 radical (unpaired) electrons. The van der Waals surface area contributed by atoms with Crippen molar-refractivity contribution < 1.29 is 19.1 Å². The van der Waals surface area contributed by atoms with Gasteiger partial charge in [-0.15, -0.1) is 0 Å². The SMILES string of the molecule is CC(=O)N(C)C(C)(Cc1ccccc1F)C(=O)O. The van der Waals surface area contributed by atoms with Crippen LogP contribution in [0.5, 0.6) is 0 Å². The molecule has 1 rings (SSSR count). The number of benzene rings is 1. The number of hydrogen-bond acceptors (Lipinski definition) is 2. The van der Waals surface area contributed by atoms with Crippen molar-refractivity contribution in [1.29, 1.82) is 0 Å². The Kier molecular flexibility index (Phi) is 4.06. The quantitative estimate of drug-likeness (QED) is 0.888. The lowest BCUT2D eigenvalue weighted by Gasteiger charge is -2.34. The number of amides is 1. The van der Waals surface area contributed by atoms with Gasteiger partial charge in [-0.2, -0.15) is 0 Å². The summed E-state index contributed by atoms with van der Waals surface area (Å²) in [7, 11) is 1.40. The predicted octanol–water partition coefficient (Wildman–Crippen LogP) is 1.69. The van der Waals surface area contributed by atoms with Crippen LogP contribution in [-0.2, 0) is 16.0 Å². The van der Waals surface area contributed by atoms with E-state index in [0.717, 1.165) is 4.90 Å². The Bertz CT molecular complexity index is 475. The molecule has 0 saturated carbocycles. The summed E-state index contributed by atoms with van der Waals surface area (Å²) >= 11 is 0. The second-order valence-electron chi connectivity index (χ2n) is 4.43. The highest BCUT2D eigenvalue weighted by molar-refractivity contribution is 5.85. The third-order valence-corrected chi connectivity index (χ3v) is 3.17. The number of nitrogens with zero attached hydrogens (tertiary/aromatic N) is 1. The number of carbonyl (C=O) groups is 2. The molecule has 0 aliphatic rings. The van der Waals surface area contributed by atoms with E-state index in [1.165, 1.54) is 39.1 Å². The van der Waals surface area contributed by atoms with E-state index in [4.69, 9.17) is 0 Å². The lowest BCUT2D eigenvalue weighted by atomic mass is 9.91. The second-order valence-corrected chi connectivity index (χ2v) is 4.43. The zero-order valence-corrected chi connectivity index (χ0v) is 10.6. The van der Waals surface area contributed by atoms with Crippen molar-refractivity contribution in [3.8, 4) is 0 Å². The molecule has 0 fully saturated rings. The summed E-state index contributed by atoms with van der Waals surface area (Å²) in [6.07, 6.45) is -0.0783. The van der Waals surface area contributed by atoms with Gasteiger partial charge in [0.1, 0.15) is 11.4 Å². The number of hydrogen-bond donors (Lipinski definition) is 1. The monoisotopic (exact) mass is 253 g/mol. The Labute approximate surface area is 105 Å².